The first-order valence-electron chi connectivity index (χ1n) is 11.0. The lowest BCUT2D eigenvalue weighted by molar-refractivity contribution is 0.205. The van der Waals surface area contributed by atoms with Crippen molar-refractivity contribution in [1.82, 2.24) is 14.5 Å². The molecule has 0 saturated heterocycles. The average Bonchev–Trinajstić information content (AvgIpc) is 3.21. The molecule has 2 N–H and O–H groups in total. The molecule has 0 saturated carbocycles. The molecule has 0 radical (unpaired) electrons. The van der Waals surface area contributed by atoms with Crippen LogP contribution in [0.3, 0.4) is 0 Å². The van der Waals surface area contributed by atoms with E-state index in [1.807, 2.05) is 95.3 Å². The van der Waals surface area contributed by atoms with Gasteiger partial charge in [0.2, 0.25) is 0 Å². The Morgan fingerprint density at radius 1 is 1.00 bits per heavy atom. The predicted molar refractivity (Wildman–Crippen MR) is 137 cm³/mol. The Hall–Kier alpha value is -3.60. The summed E-state index contributed by atoms with van der Waals surface area (Å²) in [6.45, 7) is 14.8. The second kappa shape index (κ2) is 12.3. The molecule has 32 heavy (non-hydrogen) atoms. The lowest BCUT2D eigenvalue weighted by Crippen LogP contribution is -2.07. The van der Waals surface area contributed by atoms with Gasteiger partial charge in [0.1, 0.15) is 17.9 Å². The zero-order valence-corrected chi connectivity index (χ0v) is 19.8. The Bertz CT molecular complexity index is 1170. The Kier molecular flexibility index (Phi) is 9.48. The van der Waals surface area contributed by atoms with Gasteiger partial charge in [0.05, 0.1) is 23.3 Å². The summed E-state index contributed by atoms with van der Waals surface area (Å²) in [7, 11) is 0. The van der Waals surface area contributed by atoms with Crippen molar-refractivity contribution in [3.8, 4) is 11.4 Å². The van der Waals surface area contributed by atoms with E-state index in [-0.39, 0.29) is 0 Å². The number of fused-ring (bicyclic) bond motifs is 3. The van der Waals surface area contributed by atoms with Crippen LogP contribution in [0.4, 0.5) is 5.82 Å². The fourth-order valence-electron chi connectivity index (χ4n) is 3.20. The van der Waals surface area contributed by atoms with Gasteiger partial charge in [0.15, 0.2) is 5.82 Å². The minimum atomic E-state index is 0.440. The first-order chi connectivity index (χ1) is 15.6. The maximum Gasteiger partial charge on any atom is 0.152 e. The van der Waals surface area contributed by atoms with Crippen LogP contribution in [0, 0.1) is 0 Å². The van der Waals surface area contributed by atoms with Crippen molar-refractivity contribution in [3.05, 3.63) is 79.1 Å². The van der Waals surface area contributed by atoms with Gasteiger partial charge in [-0.1, -0.05) is 81.1 Å². The highest BCUT2D eigenvalue weighted by molar-refractivity contribution is 6.07. The molecule has 0 atom stereocenters. The molecule has 0 spiro atoms. The molecule has 0 unspecified atom stereocenters. The molecule has 2 aromatic heterocycles. The number of ether oxygens (including phenoxy) is 1. The molecule has 4 aromatic rings. The maximum atomic E-state index is 6.23. The zero-order valence-electron chi connectivity index (χ0n) is 19.8. The van der Waals surface area contributed by atoms with Gasteiger partial charge in [0, 0.05) is 10.9 Å². The molecule has 0 aliphatic heterocycles. The number of rotatable bonds is 5. The number of nitrogens with zero attached hydrogens (tertiary/aromatic N) is 3. The topological polar surface area (TPSA) is 66.0 Å². The molecule has 0 aliphatic rings. The SMILES string of the molecule is C/C=C\C.C=C(C)OCCn1c(-c2ccccc2)nc2c(N)nc3ccccc3c21.CC. The van der Waals surface area contributed by atoms with Gasteiger partial charge >= 0.3 is 0 Å². The quantitative estimate of drug-likeness (QED) is 0.274. The van der Waals surface area contributed by atoms with E-state index in [1.165, 1.54) is 0 Å². The van der Waals surface area contributed by atoms with E-state index in [2.05, 4.69) is 22.2 Å². The van der Waals surface area contributed by atoms with Gasteiger partial charge in [-0.05, 0) is 26.8 Å². The van der Waals surface area contributed by atoms with E-state index in [1.54, 1.807) is 0 Å². The van der Waals surface area contributed by atoms with Crippen molar-refractivity contribution in [3.63, 3.8) is 0 Å². The molecular formula is C27H34N4O. The molecular weight excluding hydrogens is 396 g/mol. The van der Waals surface area contributed by atoms with Crippen LogP contribution in [0.1, 0.15) is 34.6 Å². The minimum Gasteiger partial charge on any atom is -0.497 e. The van der Waals surface area contributed by atoms with Gasteiger partial charge < -0.3 is 15.0 Å². The third-order valence-corrected chi connectivity index (χ3v) is 4.64. The normalized spacial score (nSPS) is 10.4. The largest absolute Gasteiger partial charge is 0.497 e. The standard InChI is InChI=1S/C21H20N4O.C4H8.C2H6/c1-14(2)26-13-12-25-19-16-10-6-7-11-17(16)23-20(22)18(19)24-21(25)15-8-4-3-5-9-15;1-3-4-2;1-2/h3-11H,1,12-13H2,2H3,(H2,22,23);3-4H,1-2H3;1-2H3/b;4-3-;. The molecule has 4 rings (SSSR count). The molecule has 0 amide bonds. The van der Waals surface area contributed by atoms with Gasteiger partial charge in [0.25, 0.3) is 0 Å². The van der Waals surface area contributed by atoms with Crippen molar-refractivity contribution in [1.29, 1.82) is 0 Å². The van der Waals surface area contributed by atoms with Gasteiger partial charge in [-0.3, -0.25) is 0 Å². The smallest absolute Gasteiger partial charge is 0.152 e. The highest BCUT2D eigenvalue weighted by Crippen LogP contribution is 2.32. The summed E-state index contributed by atoms with van der Waals surface area (Å²) in [6, 6.07) is 18.1. The lowest BCUT2D eigenvalue weighted by atomic mass is 10.2. The maximum absolute atomic E-state index is 6.23. The van der Waals surface area contributed by atoms with Gasteiger partial charge in [-0.2, -0.15) is 0 Å². The first kappa shape index (κ1) is 24.7. The Morgan fingerprint density at radius 3 is 2.25 bits per heavy atom. The fraction of sp³-hybridized carbons (Fsp3) is 0.259. The number of aromatic nitrogens is 3. The number of anilines is 1. The van der Waals surface area contributed by atoms with Crippen LogP contribution in [0.15, 0.2) is 79.1 Å². The summed E-state index contributed by atoms with van der Waals surface area (Å²) >= 11 is 0. The molecule has 5 heteroatoms. The summed E-state index contributed by atoms with van der Waals surface area (Å²) in [6.07, 6.45) is 4.00. The van der Waals surface area contributed by atoms with E-state index in [4.69, 9.17) is 15.5 Å². The van der Waals surface area contributed by atoms with Crippen molar-refractivity contribution in [2.75, 3.05) is 12.3 Å². The molecule has 2 heterocycles. The highest BCUT2D eigenvalue weighted by atomic mass is 16.5. The van der Waals surface area contributed by atoms with Crippen LogP contribution in [-0.2, 0) is 11.3 Å². The van der Waals surface area contributed by atoms with E-state index in [9.17, 15) is 0 Å². The lowest BCUT2D eigenvalue weighted by Gasteiger charge is -2.12. The summed E-state index contributed by atoms with van der Waals surface area (Å²) in [4.78, 5) is 9.34. The van der Waals surface area contributed by atoms with Crippen molar-refractivity contribution >= 4 is 27.8 Å². The van der Waals surface area contributed by atoms with Crippen molar-refractivity contribution in [2.45, 2.75) is 41.2 Å². The number of allylic oxidation sites excluding steroid dienone is 3. The van der Waals surface area contributed by atoms with Crippen LogP contribution < -0.4 is 5.73 Å². The summed E-state index contributed by atoms with van der Waals surface area (Å²) in [5.74, 6) is 1.99. The number of nitrogen functional groups attached to an aromatic ring is 1. The van der Waals surface area contributed by atoms with Crippen LogP contribution in [0.25, 0.3) is 33.3 Å². The molecule has 0 aliphatic carbocycles. The third-order valence-electron chi connectivity index (χ3n) is 4.64. The molecule has 2 aromatic carbocycles. The predicted octanol–water partition coefficient (Wildman–Crippen LogP) is 6.99. The van der Waals surface area contributed by atoms with Crippen LogP contribution >= 0.6 is 0 Å². The Balaban J connectivity index is 0.000000547. The number of pyridine rings is 1. The summed E-state index contributed by atoms with van der Waals surface area (Å²) < 4.78 is 7.77. The van der Waals surface area contributed by atoms with E-state index in [0.29, 0.717) is 24.7 Å². The summed E-state index contributed by atoms with van der Waals surface area (Å²) in [5.41, 5.74) is 9.82. The molecule has 5 nitrogen and oxygen atoms in total. The monoisotopic (exact) mass is 430 g/mol. The van der Waals surface area contributed by atoms with Gasteiger partial charge in [-0.15, -0.1) is 0 Å². The van der Waals surface area contributed by atoms with Crippen LogP contribution in [-0.4, -0.2) is 21.1 Å². The number of hydrogen-bond acceptors (Lipinski definition) is 4. The second-order valence-corrected chi connectivity index (χ2v) is 6.88. The molecule has 168 valence electrons. The third kappa shape index (κ3) is 5.76. The van der Waals surface area contributed by atoms with Crippen molar-refractivity contribution in [2.24, 2.45) is 0 Å². The Labute approximate surface area is 191 Å². The molecule has 0 fully saturated rings. The van der Waals surface area contributed by atoms with Crippen molar-refractivity contribution < 1.29 is 4.74 Å². The van der Waals surface area contributed by atoms with E-state index in [0.717, 1.165) is 33.3 Å². The number of hydrogen-bond donors (Lipinski definition) is 1. The number of benzene rings is 2. The van der Waals surface area contributed by atoms with Crippen LogP contribution in [0.5, 0.6) is 0 Å². The fourth-order valence-corrected chi connectivity index (χ4v) is 3.20. The summed E-state index contributed by atoms with van der Waals surface area (Å²) in [5, 5.41) is 1.03. The zero-order chi connectivity index (χ0) is 23.5. The Morgan fingerprint density at radius 2 is 1.62 bits per heavy atom. The number of para-hydroxylation sites is 1. The highest BCUT2D eigenvalue weighted by Gasteiger charge is 2.18. The van der Waals surface area contributed by atoms with Crippen LogP contribution in [0.2, 0.25) is 0 Å². The average molecular weight is 431 g/mol. The minimum absolute atomic E-state index is 0.440. The first-order valence-corrected chi connectivity index (χ1v) is 11.0. The molecule has 0 bridgehead atoms. The number of imidazole rings is 1. The van der Waals surface area contributed by atoms with E-state index < -0.39 is 0 Å². The van der Waals surface area contributed by atoms with E-state index >= 15 is 0 Å². The van der Waals surface area contributed by atoms with Gasteiger partial charge in [-0.25, -0.2) is 9.97 Å². The second-order valence-electron chi connectivity index (χ2n) is 6.88. The number of nitrogens with two attached hydrogens (primary N) is 1.